The number of ether oxygens (including phenoxy) is 1. The molecule has 0 aliphatic carbocycles. The summed E-state index contributed by atoms with van der Waals surface area (Å²) in [5.41, 5.74) is 0.0257. The lowest BCUT2D eigenvalue weighted by Crippen LogP contribution is -2.14. The molecule has 0 saturated carbocycles. The van der Waals surface area contributed by atoms with E-state index < -0.39 is 5.97 Å². The summed E-state index contributed by atoms with van der Waals surface area (Å²) in [5, 5.41) is 20.6. The molecule has 1 aromatic carbocycles. The van der Waals surface area contributed by atoms with E-state index in [-0.39, 0.29) is 29.3 Å². The molecule has 0 aromatic heterocycles. The highest BCUT2D eigenvalue weighted by Crippen LogP contribution is 2.21. The quantitative estimate of drug-likeness (QED) is 0.527. The van der Waals surface area contributed by atoms with Gasteiger partial charge in [-0.05, 0) is 24.6 Å². The molecule has 1 amide bonds. The smallest absolute Gasteiger partial charge is 0.337 e. The minimum atomic E-state index is -1.21. The number of carbonyl (C=O) groups excluding carboxylic acids is 1. The van der Waals surface area contributed by atoms with E-state index in [2.05, 4.69) is 5.32 Å². The number of phenolic OH excluding ortho intramolecular Hbond substituents is 1. The van der Waals surface area contributed by atoms with Gasteiger partial charge in [0.1, 0.15) is 5.75 Å². The van der Waals surface area contributed by atoms with Crippen LogP contribution in [0.5, 0.6) is 5.75 Å². The first kappa shape index (κ1) is 14.0. The van der Waals surface area contributed by atoms with Gasteiger partial charge in [0.05, 0.1) is 11.3 Å². The van der Waals surface area contributed by atoms with E-state index in [1.807, 2.05) is 0 Å². The van der Waals surface area contributed by atoms with Crippen molar-refractivity contribution >= 4 is 17.6 Å². The number of nitrogens with one attached hydrogen (secondary N) is 1. The van der Waals surface area contributed by atoms with Gasteiger partial charge < -0.3 is 20.3 Å². The fourth-order valence-corrected chi connectivity index (χ4v) is 1.41. The van der Waals surface area contributed by atoms with E-state index in [9.17, 15) is 14.7 Å². The highest BCUT2D eigenvalue weighted by Gasteiger charge is 2.13. The van der Waals surface area contributed by atoms with Crippen LogP contribution in [0.3, 0.4) is 0 Å². The lowest BCUT2D eigenvalue weighted by atomic mass is 10.1. The molecule has 0 atom stereocenters. The van der Waals surface area contributed by atoms with Crippen LogP contribution in [0.2, 0.25) is 0 Å². The number of aromatic carboxylic acids is 1. The Morgan fingerprint density at radius 1 is 1.39 bits per heavy atom. The van der Waals surface area contributed by atoms with Crippen LogP contribution in [-0.4, -0.2) is 35.8 Å². The van der Waals surface area contributed by atoms with Crippen LogP contribution in [0.1, 0.15) is 23.2 Å². The first-order valence-corrected chi connectivity index (χ1v) is 5.39. The third kappa shape index (κ3) is 4.06. The summed E-state index contributed by atoms with van der Waals surface area (Å²) >= 11 is 0. The maximum atomic E-state index is 11.5. The predicted molar refractivity (Wildman–Crippen MR) is 64.8 cm³/mol. The summed E-state index contributed by atoms with van der Waals surface area (Å²) in [6.45, 7) is 0.467. The Kier molecular flexibility index (Phi) is 5.13. The molecule has 3 N–H and O–H groups in total. The summed E-state index contributed by atoms with van der Waals surface area (Å²) in [5.74, 6) is -1.66. The van der Waals surface area contributed by atoms with Gasteiger partial charge in [0.25, 0.3) is 0 Å². The zero-order valence-electron chi connectivity index (χ0n) is 9.97. The van der Waals surface area contributed by atoms with Gasteiger partial charge >= 0.3 is 5.97 Å². The number of phenols is 1. The van der Waals surface area contributed by atoms with Crippen molar-refractivity contribution in [3.8, 4) is 5.75 Å². The standard InChI is InChI=1S/C12H15NO5/c1-18-6-2-3-11(15)13-10-5-4-8(14)7-9(10)12(16)17/h4-5,7,14H,2-3,6H2,1H3,(H,13,15)(H,16,17). The lowest BCUT2D eigenvalue weighted by molar-refractivity contribution is -0.116. The van der Waals surface area contributed by atoms with E-state index in [1.54, 1.807) is 7.11 Å². The van der Waals surface area contributed by atoms with Crippen molar-refractivity contribution in [1.29, 1.82) is 0 Å². The number of anilines is 1. The SMILES string of the molecule is COCCCC(=O)Nc1ccc(O)cc1C(=O)O. The van der Waals surface area contributed by atoms with Gasteiger partial charge in [-0.3, -0.25) is 4.79 Å². The number of rotatable bonds is 6. The molecule has 1 aromatic rings. The van der Waals surface area contributed by atoms with Gasteiger partial charge in [0.15, 0.2) is 0 Å². The maximum Gasteiger partial charge on any atom is 0.337 e. The summed E-state index contributed by atoms with van der Waals surface area (Å²) in [4.78, 5) is 22.5. The van der Waals surface area contributed by atoms with Gasteiger partial charge in [-0.2, -0.15) is 0 Å². The molecule has 0 aliphatic rings. The summed E-state index contributed by atoms with van der Waals surface area (Å²) < 4.78 is 4.81. The number of benzene rings is 1. The van der Waals surface area contributed by atoms with Gasteiger partial charge in [-0.15, -0.1) is 0 Å². The average Bonchev–Trinajstić information content (AvgIpc) is 2.31. The van der Waals surface area contributed by atoms with Crippen LogP contribution >= 0.6 is 0 Å². The Morgan fingerprint density at radius 3 is 2.72 bits per heavy atom. The number of aromatic hydroxyl groups is 1. The van der Waals surface area contributed by atoms with Crippen molar-refractivity contribution in [1.82, 2.24) is 0 Å². The average molecular weight is 253 g/mol. The monoisotopic (exact) mass is 253 g/mol. The fraction of sp³-hybridized carbons (Fsp3) is 0.333. The Hall–Kier alpha value is -2.08. The van der Waals surface area contributed by atoms with Crippen LogP contribution in [0.4, 0.5) is 5.69 Å². The molecule has 0 aliphatic heterocycles. The minimum Gasteiger partial charge on any atom is -0.508 e. The Labute approximate surface area is 104 Å². The number of carboxylic acids is 1. The first-order valence-electron chi connectivity index (χ1n) is 5.39. The zero-order valence-corrected chi connectivity index (χ0v) is 9.97. The van der Waals surface area contributed by atoms with Crippen molar-refractivity contribution in [2.75, 3.05) is 19.0 Å². The molecule has 98 valence electrons. The Balaban J connectivity index is 2.72. The molecule has 18 heavy (non-hydrogen) atoms. The molecule has 0 heterocycles. The van der Waals surface area contributed by atoms with Crippen molar-refractivity contribution in [2.45, 2.75) is 12.8 Å². The van der Waals surface area contributed by atoms with Crippen LogP contribution in [-0.2, 0) is 9.53 Å². The van der Waals surface area contributed by atoms with E-state index >= 15 is 0 Å². The van der Waals surface area contributed by atoms with E-state index in [0.29, 0.717) is 13.0 Å². The highest BCUT2D eigenvalue weighted by atomic mass is 16.5. The molecule has 0 radical (unpaired) electrons. The molecule has 6 heteroatoms. The summed E-state index contributed by atoms with van der Waals surface area (Å²) in [6.07, 6.45) is 0.802. The van der Waals surface area contributed by atoms with Crippen molar-refractivity contribution in [3.05, 3.63) is 23.8 Å². The zero-order chi connectivity index (χ0) is 13.5. The fourth-order valence-electron chi connectivity index (χ4n) is 1.41. The highest BCUT2D eigenvalue weighted by molar-refractivity contribution is 6.00. The second-order valence-electron chi connectivity index (χ2n) is 3.68. The molecular formula is C12H15NO5. The van der Waals surface area contributed by atoms with Crippen molar-refractivity contribution in [3.63, 3.8) is 0 Å². The molecule has 0 bridgehead atoms. The molecule has 0 fully saturated rings. The second kappa shape index (κ2) is 6.61. The molecule has 1 rings (SSSR count). The van der Waals surface area contributed by atoms with Crippen LogP contribution in [0.15, 0.2) is 18.2 Å². The molecule has 0 saturated heterocycles. The number of hydrogen-bond donors (Lipinski definition) is 3. The first-order chi connectivity index (χ1) is 8.54. The molecule has 0 unspecified atom stereocenters. The molecular weight excluding hydrogens is 238 g/mol. The molecule has 0 spiro atoms. The van der Waals surface area contributed by atoms with Crippen LogP contribution in [0.25, 0.3) is 0 Å². The maximum absolute atomic E-state index is 11.5. The Bertz CT molecular complexity index is 444. The summed E-state index contributed by atoms with van der Waals surface area (Å²) in [6, 6.07) is 3.76. The lowest BCUT2D eigenvalue weighted by Gasteiger charge is -2.08. The van der Waals surface area contributed by atoms with Crippen LogP contribution < -0.4 is 5.32 Å². The Morgan fingerprint density at radius 2 is 2.11 bits per heavy atom. The van der Waals surface area contributed by atoms with Crippen molar-refractivity contribution < 1.29 is 24.5 Å². The van der Waals surface area contributed by atoms with Crippen molar-refractivity contribution in [2.24, 2.45) is 0 Å². The van der Waals surface area contributed by atoms with Gasteiger partial charge in [0, 0.05) is 20.1 Å². The normalized spacial score (nSPS) is 10.1. The number of methoxy groups -OCH3 is 1. The van der Waals surface area contributed by atoms with Gasteiger partial charge in [-0.1, -0.05) is 0 Å². The summed E-state index contributed by atoms with van der Waals surface area (Å²) in [7, 11) is 1.54. The number of carbonyl (C=O) groups is 2. The van der Waals surface area contributed by atoms with Gasteiger partial charge in [-0.25, -0.2) is 4.79 Å². The third-order valence-corrected chi connectivity index (χ3v) is 2.26. The number of hydrogen-bond acceptors (Lipinski definition) is 4. The van der Waals surface area contributed by atoms with E-state index in [4.69, 9.17) is 9.84 Å². The number of amides is 1. The topological polar surface area (TPSA) is 95.9 Å². The van der Waals surface area contributed by atoms with E-state index in [1.165, 1.54) is 12.1 Å². The third-order valence-electron chi connectivity index (χ3n) is 2.26. The van der Waals surface area contributed by atoms with Crippen LogP contribution in [0, 0.1) is 0 Å². The minimum absolute atomic E-state index is 0.143. The molecule has 6 nitrogen and oxygen atoms in total. The van der Waals surface area contributed by atoms with Gasteiger partial charge in [0.2, 0.25) is 5.91 Å². The second-order valence-corrected chi connectivity index (χ2v) is 3.68. The van der Waals surface area contributed by atoms with E-state index in [0.717, 1.165) is 6.07 Å². The predicted octanol–water partition coefficient (Wildman–Crippen LogP) is 1.46. The largest absolute Gasteiger partial charge is 0.508 e. The number of carboxylic acid groups (broad SMARTS) is 1.